The van der Waals surface area contributed by atoms with E-state index in [0.29, 0.717) is 37.0 Å². The lowest BCUT2D eigenvalue weighted by atomic mass is 10.2. The highest BCUT2D eigenvalue weighted by molar-refractivity contribution is 5.40. The molecule has 2 aromatic rings. The van der Waals surface area contributed by atoms with Gasteiger partial charge in [-0.05, 0) is 19.1 Å². The number of halogens is 3. The summed E-state index contributed by atoms with van der Waals surface area (Å²) in [5.41, 5.74) is -0.492. The molecule has 0 amide bonds. The van der Waals surface area contributed by atoms with Gasteiger partial charge in [0.15, 0.2) is 0 Å². The number of alkyl halides is 3. The zero-order chi connectivity index (χ0) is 17.3. The number of H-pyrrole nitrogens is 1. The molecule has 128 valence electrons. The van der Waals surface area contributed by atoms with Crippen molar-refractivity contribution in [3.63, 3.8) is 0 Å². The van der Waals surface area contributed by atoms with Crippen LogP contribution in [0.25, 0.3) is 0 Å². The zero-order valence-corrected chi connectivity index (χ0v) is 12.8. The monoisotopic (exact) mass is 340 g/mol. The standard InChI is InChI=1S/C15H15F3N4O2/c1-9-6-13(23)21-14(20-9)11-8-22(4-5-24-11)12-3-2-10(7-19-12)15(16,17)18/h2-3,6-7,11H,4-5,8H2,1H3,(H,20,21,23)/t11-/m1/s1. The molecule has 0 saturated carbocycles. The van der Waals surface area contributed by atoms with Crippen LogP contribution in [0.4, 0.5) is 19.0 Å². The van der Waals surface area contributed by atoms with Gasteiger partial charge in [0.2, 0.25) is 0 Å². The highest BCUT2D eigenvalue weighted by Crippen LogP contribution is 2.30. The van der Waals surface area contributed by atoms with Gasteiger partial charge in [0, 0.05) is 24.5 Å². The molecule has 3 rings (SSSR count). The predicted molar refractivity (Wildman–Crippen MR) is 79.7 cm³/mol. The summed E-state index contributed by atoms with van der Waals surface area (Å²) in [5.74, 6) is 0.822. The lowest BCUT2D eigenvalue weighted by molar-refractivity contribution is -0.137. The summed E-state index contributed by atoms with van der Waals surface area (Å²) in [5, 5.41) is 0. The number of anilines is 1. The number of aryl methyl sites for hydroxylation is 1. The molecule has 1 aliphatic rings. The number of hydrogen-bond donors (Lipinski definition) is 1. The molecule has 1 N–H and O–H groups in total. The van der Waals surface area contributed by atoms with Crippen LogP contribution in [0.3, 0.4) is 0 Å². The number of ether oxygens (including phenoxy) is 1. The maximum Gasteiger partial charge on any atom is 0.417 e. The number of rotatable bonds is 2. The average molecular weight is 340 g/mol. The molecule has 3 heterocycles. The Kier molecular flexibility index (Phi) is 4.27. The second-order valence-corrected chi connectivity index (χ2v) is 5.48. The summed E-state index contributed by atoms with van der Waals surface area (Å²) < 4.78 is 43.4. The third kappa shape index (κ3) is 3.56. The lowest BCUT2D eigenvalue weighted by Crippen LogP contribution is -2.40. The van der Waals surface area contributed by atoms with Crippen molar-refractivity contribution in [2.75, 3.05) is 24.6 Å². The first-order valence-corrected chi connectivity index (χ1v) is 7.30. The number of nitrogens with zero attached hydrogens (tertiary/aromatic N) is 3. The van der Waals surface area contributed by atoms with Crippen LogP contribution in [0.2, 0.25) is 0 Å². The Morgan fingerprint density at radius 2 is 2.17 bits per heavy atom. The molecule has 2 aromatic heterocycles. The minimum absolute atomic E-state index is 0.272. The van der Waals surface area contributed by atoms with E-state index in [1.807, 2.05) is 0 Å². The molecule has 9 heteroatoms. The largest absolute Gasteiger partial charge is 0.417 e. The molecule has 1 saturated heterocycles. The van der Waals surface area contributed by atoms with Crippen molar-refractivity contribution in [2.24, 2.45) is 0 Å². The van der Waals surface area contributed by atoms with Crippen molar-refractivity contribution in [1.82, 2.24) is 15.0 Å². The number of aromatic amines is 1. The zero-order valence-electron chi connectivity index (χ0n) is 12.8. The first-order valence-electron chi connectivity index (χ1n) is 7.30. The third-order valence-corrected chi connectivity index (χ3v) is 3.66. The average Bonchev–Trinajstić information content (AvgIpc) is 2.53. The van der Waals surface area contributed by atoms with Crippen molar-refractivity contribution in [1.29, 1.82) is 0 Å². The Bertz CT molecular complexity index is 774. The first kappa shape index (κ1) is 16.4. The van der Waals surface area contributed by atoms with Gasteiger partial charge >= 0.3 is 6.18 Å². The second kappa shape index (κ2) is 6.23. The van der Waals surface area contributed by atoms with Crippen molar-refractivity contribution in [2.45, 2.75) is 19.2 Å². The number of hydrogen-bond acceptors (Lipinski definition) is 5. The minimum atomic E-state index is -4.41. The summed E-state index contributed by atoms with van der Waals surface area (Å²) in [6.45, 7) is 2.89. The third-order valence-electron chi connectivity index (χ3n) is 3.66. The molecule has 0 radical (unpaired) electrons. The van der Waals surface area contributed by atoms with Crippen LogP contribution in [0.15, 0.2) is 29.2 Å². The van der Waals surface area contributed by atoms with Crippen molar-refractivity contribution in [3.05, 3.63) is 51.8 Å². The predicted octanol–water partition coefficient (Wildman–Crippen LogP) is 2.07. The van der Waals surface area contributed by atoms with Crippen molar-refractivity contribution < 1.29 is 17.9 Å². The SMILES string of the molecule is Cc1cc(=O)[nH]c([C@H]2CN(c3ccc(C(F)(F)F)cn3)CCO2)n1. The topological polar surface area (TPSA) is 71.1 Å². The molecule has 0 aliphatic carbocycles. The van der Waals surface area contributed by atoms with Gasteiger partial charge in [-0.25, -0.2) is 9.97 Å². The van der Waals surface area contributed by atoms with Gasteiger partial charge in [-0.2, -0.15) is 13.2 Å². The van der Waals surface area contributed by atoms with Crippen LogP contribution < -0.4 is 10.5 Å². The highest BCUT2D eigenvalue weighted by atomic mass is 19.4. The lowest BCUT2D eigenvalue weighted by Gasteiger charge is -2.33. The fourth-order valence-electron chi connectivity index (χ4n) is 2.52. The van der Waals surface area contributed by atoms with Gasteiger partial charge in [0.05, 0.1) is 18.7 Å². The molecular weight excluding hydrogens is 325 g/mol. The maximum absolute atomic E-state index is 12.6. The molecule has 0 aromatic carbocycles. The summed E-state index contributed by atoms with van der Waals surface area (Å²) in [6, 6.07) is 3.71. The molecule has 6 nitrogen and oxygen atoms in total. The molecule has 0 unspecified atom stereocenters. The number of morpholine rings is 1. The van der Waals surface area contributed by atoms with E-state index in [2.05, 4.69) is 15.0 Å². The van der Waals surface area contributed by atoms with Crippen LogP contribution in [-0.4, -0.2) is 34.6 Å². The second-order valence-electron chi connectivity index (χ2n) is 5.48. The van der Waals surface area contributed by atoms with Crippen molar-refractivity contribution >= 4 is 5.82 Å². The Morgan fingerprint density at radius 1 is 1.38 bits per heavy atom. The molecule has 1 atom stereocenters. The summed E-state index contributed by atoms with van der Waals surface area (Å²) in [4.78, 5) is 24.1. The van der Waals surface area contributed by atoms with Crippen LogP contribution in [0.1, 0.15) is 23.2 Å². The number of pyridine rings is 1. The van der Waals surface area contributed by atoms with Crippen LogP contribution in [0.5, 0.6) is 0 Å². The normalized spacial score (nSPS) is 18.7. The Balaban J connectivity index is 1.79. The Hall–Kier alpha value is -2.42. The quantitative estimate of drug-likeness (QED) is 0.906. The van der Waals surface area contributed by atoms with E-state index >= 15 is 0 Å². The van der Waals surface area contributed by atoms with Gasteiger partial charge in [-0.15, -0.1) is 0 Å². The van der Waals surface area contributed by atoms with E-state index in [1.165, 1.54) is 12.1 Å². The number of nitrogens with one attached hydrogen (secondary N) is 1. The van der Waals surface area contributed by atoms with Crippen LogP contribution in [-0.2, 0) is 10.9 Å². The maximum atomic E-state index is 12.6. The van der Waals surface area contributed by atoms with E-state index < -0.39 is 17.8 Å². The van der Waals surface area contributed by atoms with E-state index in [1.54, 1.807) is 11.8 Å². The van der Waals surface area contributed by atoms with E-state index in [9.17, 15) is 18.0 Å². The highest BCUT2D eigenvalue weighted by Gasteiger charge is 2.31. The first-order chi connectivity index (χ1) is 11.3. The molecule has 0 spiro atoms. The Labute approximate surface area is 135 Å². The molecule has 0 bridgehead atoms. The smallest absolute Gasteiger partial charge is 0.367 e. The van der Waals surface area contributed by atoms with E-state index in [4.69, 9.17) is 4.74 Å². The van der Waals surface area contributed by atoms with Crippen LogP contribution >= 0.6 is 0 Å². The Morgan fingerprint density at radius 3 is 2.79 bits per heavy atom. The molecular formula is C15H15F3N4O2. The number of aromatic nitrogens is 3. The van der Waals surface area contributed by atoms with E-state index in [0.717, 1.165) is 12.3 Å². The van der Waals surface area contributed by atoms with Gasteiger partial charge in [0.25, 0.3) is 5.56 Å². The molecule has 1 aliphatic heterocycles. The summed E-state index contributed by atoms with van der Waals surface area (Å²) >= 11 is 0. The van der Waals surface area contributed by atoms with Gasteiger partial charge < -0.3 is 14.6 Å². The van der Waals surface area contributed by atoms with Gasteiger partial charge in [-0.1, -0.05) is 0 Å². The minimum Gasteiger partial charge on any atom is -0.367 e. The van der Waals surface area contributed by atoms with Crippen LogP contribution in [0, 0.1) is 6.92 Å². The fourth-order valence-corrected chi connectivity index (χ4v) is 2.52. The van der Waals surface area contributed by atoms with Gasteiger partial charge in [-0.3, -0.25) is 4.79 Å². The van der Waals surface area contributed by atoms with Gasteiger partial charge in [0.1, 0.15) is 17.7 Å². The summed E-state index contributed by atoms with van der Waals surface area (Å²) in [6.07, 6.45) is -4.08. The molecule has 1 fully saturated rings. The fraction of sp³-hybridized carbons (Fsp3) is 0.400. The van der Waals surface area contributed by atoms with E-state index in [-0.39, 0.29) is 5.56 Å². The summed E-state index contributed by atoms with van der Waals surface area (Å²) in [7, 11) is 0. The molecule has 24 heavy (non-hydrogen) atoms. The van der Waals surface area contributed by atoms with Crippen molar-refractivity contribution in [3.8, 4) is 0 Å².